The fourth-order valence-electron chi connectivity index (χ4n) is 4.08. The van der Waals surface area contributed by atoms with Crippen molar-refractivity contribution in [2.75, 3.05) is 0 Å². The van der Waals surface area contributed by atoms with Gasteiger partial charge in [0.25, 0.3) is 0 Å². The summed E-state index contributed by atoms with van der Waals surface area (Å²) in [6.45, 7) is 10.4. The summed E-state index contributed by atoms with van der Waals surface area (Å²) in [5, 5.41) is 9.38. The molecule has 2 aliphatic carbocycles. The number of rotatable bonds is 4. The number of hydrogen-bond donors (Lipinski definition) is 1. The van der Waals surface area contributed by atoms with E-state index in [1.165, 1.54) is 0 Å². The molecule has 2 rings (SSSR count). The Labute approximate surface area is 121 Å². The number of carboxylic acid groups (broad SMARTS) is 1. The van der Waals surface area contributed by atoms with Crippen molar-refractivity contribution in [1.29, 1.82) is 0 Å². The second-order valence-electron chi connectivity index (χ2n) is 7.67. The Kier molecular flexibility index (Phi) is 3.60. The van der Waals surface area contributed by atoms with Gasteiger partial charge in [0, 0.05) is 5.41 Å². The normalized spacial score (nSPS) is 35.0. The Morgan fingerprint density at radius 3 is 2.40 bits per heavy atom. The molecule has 0 heterocycles. The second-order valence-corrected chi connectivity index (χ2v) is 7.67. The molecule has 0 aromatic rings. The molecule has 112 valence electrons. The topological polar surface area (TPSA) is 54.4 Å². The van der Waals surface area contributed by atoms with Gasteiger partial charge in [0.2, 0.25) is 0 Å². The van der Waals surface area contributed by atoms with Gasteiger partial charge < -0.3 is 5.11 Å². The lowest BCUT2D eigenvalue weighted by molar-refractivity contribution is -0.140. The number of allylic oxidation sites excluding steroid dienone is 1. The van der Waals surface area contributed by atoms with Gasteiger partial charge in [0.1, 0.15) is 0 Å². The van der Waals surface area contributed by atoms with Gasteiger partial charge in [-0.25, -0.2) is 0 Å². The Bertz CT molecular complexity index is 473. The van der Waals surface area contributed by atoms with Crippen molar-refractivity contribution in [2.24, 2.45) is 28.6 Å². The predicted octanol–water partition coefficient (Wildman–Crippen LogP) is 3.68. The number of Topliss-reactive ketones (excluding diaryl/α,β-unsaturated/α-hetero) is 1. The summed E-state index contributed by atoms with van der Waals surface area (Å²) >= 11 is 0. The van der Waals surface area contributed by atoms with Gasteiger partial charge >= 0.3 is 5.97 Å². The Balaban J connectivity index is 2.36. The molecule has 2 aliphatic rings. The molecular weight excluding hydrogens is 252 g/mol. The van der Waals surface area contributed by atoms with E-state index in [0.29, 0.717) is 12.3 Å². The van der Waals surface area contributed by atoms with E-state index < -0.39 is 11.9 Å². The van der Waals surface area contributed by atoms with E-state index in [0.717, 1.165) is 18.4 Å². The summed E-state index contributed by atoms with van der Waals surface area (Å²) in [6.07, 6.45) is 4.30. The molecule has 0 amide bonds. The fourth-order valence-corrected chi connectivity index (χ4v) is 4.08. The van der Waals surface area contributed by atoms with Crippen LogP contribution in [-0.2, 0) is 9.59 Å². The van der Waals surface area contributed by atoms with Crippen LogP contribution < -0.4 is 0 Å². The third-order valence-corrected chi connectivity index (χ3v) is 5.79. The van der Waals surface area contributed by atoms with Gasteiger partial charge in [-0.3, -0.25) is 9.59 Å². The number of carboxylic acids is 1. The molecule has 0 aliphatic heterocycles. The Morgan fingerprint density at radius 2 is 2.00 bits per heavy atom. The molecule has 0 spiro atoms. The number of carbonyl (C=O) groups excluding carboxylic acids is 1. The molecule has 3 nitrogen and oxygen atoms in total. The zero-order chi connectivity index (χ0) is 15.3. The SMILES string of the molecule is CC(C)C[C@H](/C=C1/C(=O)[C@@]2(C)CC[C@H]1C2(C)C)C(=O)O. The Hall–Kier alpha value is -1.12. The van der Waals surface area contributed by atoms with Gasteiger partial charge in [0.15, 0.2) is 5.78 Å². The van der Waals surface area contributed by atoms with E-state index >= 15 is 0 Å². The van der Waals surface area contributed by atoms with Crippen LogP contribution in [-0.4, -0.2) is 16.9 Å². The molecule has 2 bridgehead atoms. The predicted molar refractivity (Wildman–Crippen MR) is 78.3 cm³/mol. The summed E-state index contributed by atoms with van der Waals surface area (Å²) in [7, 11) is 0. The third kappa shape index (κ3) is 2.02. The second kappa shape index (κ2) is 4.71. The van der Waals surface area contributed by atoms with Gasteiger partial charge in [0.05, 0.1) is 5.92 Å². The van der Waals surface area contributed by atoms with E-state index in [-0.39, 0.29) is 22.5 Å². The zero-order valence-electron chi connectivity index (χ0n) is 13.2. The van der Waals surface area contributed by atoms with Crippen molar-refractivity contribution >= 4 is 11.8 Å². The summed E-state index contributed by atoms with van der Waals surface area (Å²) in [5.41, 5.74) is 0.443. The first-order valence-electron chi connectivity index (χ1n) is 7.60. The number of aliphatic carboxylic acids is 1. The average Bonchev–Trinajstić information content (AvgIpc) is 2.62. The maximum atomic E-state index is 12.7. The summed E-state index contributed by atoms with van der Waals surface area (Å²) in [5.74, 6) is -0.620. The van der Waals surface area contributed by atoms with Crippen LogP contribution in [0.5, 0.6) is 0 Å². The van der Waals surface area contributed by atoms with Crippen LogP contribution in [0.25, 0.3) is 0 Å². The first-order chi connectivity index (χ1) is 9.11. The number of hydrogen-bond acceptors (Lipinski definition) is 2. The minimum Gasteiger partial charge on any atom is -0.481 e. The lowest BCUT2D eigenvalue weighted by atomic mass is 9.70. The molecule has 3 atom stereocenters. The summed E-state index contributed by atoms with van der Waals surface area (Å²) in [6, 6.07) is 0. The molecule has 3 heteroatoms. The minimum absolute atomic E-state index is 0.0448. The van der Waals surface area contributed by atoms with E-state index in [4.69, 9.17) is 0 Å². The lowest BCUT2D eigenvalue weighted by Gasteiger charge is -2.31. The monoisotopic (exact) mass is 278 g/mol. The van der Waals surface area contributed by atoms with Crippen LogP contribution in [0.4, 0.5) is 0 Å². The van der Waals surface area contributed by atoms with E-state index in [2.05, 4.69) is 13.8 Å². The van der Waals surface area contributed by atoms with Crippen molar-refractivity contribution in [1.82, 2.24) is 0 Å². The molecule has 0 aromatic carbocycles. The standard InChI is InChI=1S/C17H26O3/c1-10(2)8-11(15(19)20)9-12-13-6-7-17(5,14(12)18)16(13,3)4/h9-11,13H,6-8H2,1-5H3,(H,19,20)/b12-9+/t11-,13-,17-/m1/s1. The van der Waals surface area contributed by atoms with Gasteiger partial charge in [-0.2, -0.15) is 0 Å². The van der Waals surface area contributed by atoms with Crippen LogP contribution in [0.3, 0.4) is 0 Å². The third-order valence-electron chi connectivity index (χ3n) is 5.79. The molecule has 1 N–H and O–H groups in total. The largest absolute Gasteiger partial charge is 0.481 e. The van der Waals surface area contributed by atoms with Crippen LogP contribution in [0.2, 0.25) is 0 Å². The quantitative estimate of drug-likeness (QED) is 0.798. The molecule has 2 fully saturated rings. The maximum Gasteiger partial charge on any atom is 0.310 e. The zero-order valence-corrected chi connectivity index (χ0v) is 13.2. The van der Waals surface area contributed by atoms with Crippen molar-refractivity contribution in [3.8, 4) is 0 Å². The van der Waals surface area contributed by atoms with Crippen molar-refractivity contribution in [2.45, 2.75) is 53.9 Å². The molecular formula is C17H26O3. The lowest BCUT2D eigenvalue weighted by Crippen LogP contribution is -2.32. The van der Waals surface area contributed by atoms with Crippen molar-refractivity contribution < 1.29 is 14.7 Å². The highest BCUT2D eigenvalue weighted by molar-refractivity contribution is 6.05. The molecule has 0 radical (unpaired) electrons. The first-order valence-corrected chi connectivity index (χ1v) is 7.60. The van der Waals surface area contributed by atoms with Crippen molar-refractivity contribution in [3.05, 3.63) is 11.6 Å². The molecule has 0 saturated heterocycles. The van der Waals surface area contributed by atoms with Crippen LogP contribution in [0, 0.1) is 28.6 Å². The van der Waals surface area contributed by atoms with E-state index in [1.807, 2.05) is 20.8 Å². The summed E-state index contributed by atoms with van der Waals surface area (Å²) in [4.78, 5) is 24.1. The fraction of sp³-hybridized carbons (Fsp3) is 0.765. The Morgan fingerprint density at radius 1 is 1.40 bits per heavy atom. The van der Waals surface area contributed by atoms with Crippen LogP contribution >= 0.6 is 0 Å². The average molecular weight is 278 g/mol. The highest BCUT2D eigenvalue weighted by Crippen LogP contribution is 2.65. The molecule has 2 saturated carbocycles. The van der Waals surface area contributed by atoms with E-state index in [9.17, 15) is 14.7 Å². The van der Waals surface area contributed by atoms with Gasteiger partial charge in [-0.15, -0.1) is 0 Å². The smallest absolute Gasteiger partial charge is 0.310 e. The number of fused-ring (bicyclic) bond motifs is 2. The van der Waals surface area contributed by atoms with E-state index in [1.54, 1.807) is 6.08 Å². The van der Waals surface area contributed by atoms with Gasteiger partial charge in [-0.1, -0.05) is 40.7 Å². The molecule has 0 unspecified atom stereocenters. The minimum atomic E-state index is -0.815. The van der Waals surface area contributed by atoms with Crippen LogP contribution in [0.15, 0.2) is 11.6 Å². The maximum absolute atomic E-state index is 12.7. The molecule has 0 aromatic heterocycles. The first kappa shape index (κ1) is 15.3. The summed E-state index contributed by atoms with van der Waals surface area (Å²) < 4.78 is 0. The van der Waals surface area contributed by atoms with Crippen LogP contribution in [0.1, 0.15) is 53.9 Å². The number of ketones is 1. The van der Waals surface area contributed by atoms with Gasteiger partial charge in [-0.05, 0) is 42.1 Å². The highest BCUT2D eigenvalue weighted by Gasteiger charge is 2.63. The highest BCUT2D eigenvalue weighted by atomic mass is 16.4. The number of carbonyl (C=O) groups is 2. The molecule has 20 heavy (non-hydrogen) atoms. The van der Waals surface area contributed by atoms with Crippen molar-refractivity contribution in [3.63, 3.8) is 0 Å².